The van der Waals surface area contributed by atoms with Crippen LogP contribution >= 0.6 is 0 Å². The van der Waals surface area contributed by atoms with E-state index >= 15 is 0 Å². The third-order valence-corrected chi connectivity index (χ3v) is 3.12. The first-order valence-corrected chi connectivity index (χ1v) is 5.97. The fourth-order valence-corrected chi connectivity index (χ4v) is 2.22. The number of para-hydroxylation sites is 1. The number of fused-ring (bicyclic) bond motifs is 1. The van der Waals surface area contributed by atoms with Gasteiger partial charge in [0.25, 0.3) is 0 Å². The van der Waals surface area contributed by atoms with Gasteiger partial charge < -0.3 is 10.5 Å². The molecule has 0 atom stereocenters. The number of nitrogens with one attached hydrogen (secondary N) is 2. The molecule has 2 aromatic rings. The topological polar surface area (TPSA) is 41.1 Å². The molecule has 0 spiro atoms. The van der Waals surface area contributed by atoms with Gasteiger partial charge in [-0.3, -0.25) is 4.79 Å². The minimum atomic E-state index is -0.160. The van der Waals surface area contributed by atoms with E-state index in [4.69, 9.17) is 0 Å². The second-order valence-corrected chi connectivity index (χ2v) is 4.51. The molecule has 1 aliphatic heterocycles. The van der Waals surface area contributed by atoms with Gasteiger partial charge >= 0.3 is 6.98 Å². The summed E-state index contributed by atoms with van der Waals surface area (Å²) in [6, 6.07) is 15.7. The molecular weight excluding hydrogens is 223 g/mol. The van der Waals surface area contributed by atoms with Crippen molar-refractivity contribution in [2.24, 2.45) is 0 Å². The van der Waals surface area contributed by atoms with Gasteiger partial charge in [-0.15, -0.1) is 0 Å². The van der Waals surface area contributed by atoms with E-state index < -0.39 is 0 Å². The van der Waals surface area contributed by atoms with Gasteiger partial charge in [-0.05, 0) is 24.5 Å². The average molecular weight is 236 g/mol. The van der Waals surface area contributed by atoms with Crippen molar-refractivity contribution in [2.75, 3.05) is 5.23 Å². The molecule has 2 N–H and O–H groups in total. The third kappa shape index (κ3) is 1.86. The van der Waals surface area contributed by atoms with Crippen molar-refractivity contribution in [3.05, 3.63) is 59.7 Å². The third-order valence-electron chi connectivity index (χ3n) is 3.12. The zero-order valence-corrected chi connectivity index (χ0v) is 10.1. The second kappa shape index (κ2) is 4.22. The van der Waals surface area contributed by atoms with Crippen LogP contribution in [0.25, 0.3) is 0 Å². The van der Waals surface area contributed by atoms with Crippen LogP contribution in [0.15, 0.2) is 48.5 Å². The Morgan fingerprint density at radius 1 is 1.00 bits per heavy atom. The second-order valence-electron chi connectivity index (χ2n) is 4.51. The van der Waals surface area contributed by atoms with Crippen molar-refractivity contribution >= 4 is 24.0 Å². The maximum Gasteiger partial charge on any atom is 0.408 e. The summed E-state index contributed by atoms with van der Waals surface area (Å²) in [6.07, 6.45) is 0. The first kappa shape index (κ1) is 10.9. The number of anilines is 1. The highest BCUT2D eigenvalue weighted by atomic mass is 16.1. The lowest BCUT2D eigenvalue weighted by Crippen LogP contribution is -2.56. The number of benzene rings is 2. The van der Waals surface area contributed by atoms with Gasteiger partial charge in [-0.25, -0.2) is 0 Å². The Labute approximate surface area is 106 Å². The van der Waals surface area contributed by atoms with Crippen molar-refractivity contribution in [2.45, 2.75) is 6.92 Å². The molecular formula is C14H13BN2O. The van der Waals surface area contributed by atoms with Gasteiger partial charge in [0.15, 0.2) is 0 Å². The van der Waals surface area contributed by atoms with Crippen LogP contribution in [0.4, 0.5) is 5.69 Å². The zero-order chi connectivity index (χ0) is 12.5. The Balaban J connectivity index is 1.97. The van der Waals surface area contributed by atoms with E-state index in [2.05, 4.69) is 16.5 Å². The highest BCUT2D eigenvalue weighted by Crippen LogP contribution is 2.18. The van der Waals surface area contributed by atoms with Crippen LogP contribution < -0.4 is 15.9 Å². The highest BCUT2D eigenvalue weighted by molar-refractivity contribution is 6.77. The van der Waals surface area contributed by atoms with Gasteiger partial charge in [0.1, 0.15) is 0 Å². The standard InChI is InChI=1S/C14H13BN2O/c1-10-5-4-6-11(9-10)15-16-13-8-3-2-7-12(13)14(18)17-15/h2-9,16H,1H3,(H,17,18). The summed E-state index contributed by atoms with van der Waals surface area (Å²) in [5.41, 5.74) is 3.83. The van der Waals surface area contributed by atoms with Gasteiger partial charge in [-0.1, -0.05) is 42.0 Å². The maximum absolute atomic E-state index is 12.0. The van der Waals surface area contributed by atoms with Crippen LogP contribution in [0.5, 0.6) is 0 Å². The molecule has 0 saturated heterocycles. The van der Waals surface area contributed by atoms with E-state index in [0.717, 1.165) is 11.2 Å². The lowest BCUT2D eigenvalue weighted by Gasteiger charge is -2.25. The molecule has 0 saturated carbocycles. The molecule has 1 aliphatic rings. The minimum absolute atomic E-state index is 0.0316. The first-order chi connectivity index (χ1) is 8.74. The summed E-state index contributed by atoms with van der Waals surface area (Å²) in [4.78, 5) is 12.0. The van der Waals surface area contributed by atoms with Crippen molar-refractivity contribution < 1.29 is 4.79 Å². The SMILES string of the molecule is Cc1cccc(B2NC(=O)c3ccccc3N2)c1. The number of carbonyl (C=O) groups excluding carboxylic acids is 1. The van der Waals surface area contributed by atoms with Crippen LogP contribution in [0, 0.1) is 6.92 Å². The van der Waals surface area contributed by atoms with Crippen molar-refractivity contribution in [1.29, 1.82) is 0 Å². The molecule has 2 aromatic carbocycles. The number of aryl methyl sites for hydroxylation is 1. The molecule has 3 rings (SSSR count). The predicted molar refractivity (Wildman–Crippen MR) is 74.1 cm³/mol. The summed E-state index contributed by atoms with van der Waals surface area (Å²) >= 11 is 0. The smallest absolute Gasteiger partial charge is 0.405 e. The fraction of sp³-hybridized carbons (Fsp3) is 0.0714. The molecule has 0 bridgehead atoms. The lowest BCUT2D eigenvalue weighted by molar-refractivity contribution is 0.0979. The Bertz CT molecular complexity index is 612. The van der Waals surface area contributed by atoms with Crippen molar-refractivity contribution in [3.63, 3.8) is 0 Å². The maximum atomic E-state index is 12.0. The lowest BCUT2D eigenvalue weighted by atomic mass is 9.66. The zero-order valence-electron chi connectivity index (χ0n) is 10.1. The van der Waals surface area contributed by atoms with Crippen LogP contribution in [-0.2, 0) is 0 Å². The normalized spacial score (nSPS) is 13.6. The average Bonchev–Trinajstić information content (AvgIpc) is 2.39. The number of hydrogen-bond acceptors (Lipinski definition) is 2. The molecule has 18 heavy (non-hydrogen) atoms. The Hall–Kier alpha value is -2.23. The fourth-order valence-electron chi connectivity index (χ4n) is 2.22. The number of hydrogen-bond donors (Lipinski definition) is 2. The van der Waals surface area contributed by atoms with Crippen LogP contribution in [0.3, 0.4) is 0 Å². The van der Waals surface area contributed by atoms with E-state index in [1.54, 1.807) is 0 Å². The predicted octanol–water partition coefficient (Wildman–Crippen LogP) is 1.55. The molecule has 0 radical (unpaired) electrons. The van der Waals surface area contributed by atoms with Crippen LogP contribution in [0.1, 0.15) is 15.9 Å². The Morgan fingerprint density at radius 3 is 2.67 bits per heavy atom. The van der Waals surface area contributed by atoms with Crippen LogP contribution in [-0.4, -0.2) is 12.9 Å². The highest BCUT2D eigenvalue weighted by Gasteiger charge is 2.28. The number of carbonyl (C=O) groups is 1. The largest absolute Gasteiger partial charge is 0.408 e. The van der Waals surface area contributed by atoms with Gasteiger partial charge in [0.05, 0.1) is 5.56 Å². The van der Waals surface area contributed by atoms with E-state index in [-0.39, 0.29) is 12.9 Å². The molecule has 3 nitrogen and oxygen atoms in total. The van der Waals surface area contributed by atoms with Gasteiger partial charge in [0.2, 0.25) is 5.91 Å². The molecule has 0 unspecified atom stereocenters. The minimum Gasteiger partial charge on any atom is -0.405 e. The molecule has 1 amide bonds. The summed E-state index contributed by atoms with van der Waals surface area (Å²) < 4.78 is 0. The molecule has 88 valence electrons. The molecule has 0 aromatic heterocycles. The molecule has 0 aliphatic carbocycles. The van der Waals surface area contributed by atoms with Crippen LogP contribution in [0.2, 0.25) is 0 Å². The first-order valence-electron chi connectivity index (χ1n) is 5.97. The summed E-state index contributed by atoms with van der Waals surface area (Å²) in [7, 11) is 0. The monoisotopic (exact) mass is 236 g/mol. The molecule has 0 fully saturated rings. The van der Waals surface area contributed by atoms with E-state index in [1.807, 2.05) is 49.4 Å². The quantitative estimate of drug-likeness (QED) is 0.737. The van der Waals surface area contributed by atoms with E-state index in [9.17, 15) is 4.79 Å². The van der Waals surface area contributed by atoms with Crippen molar-refractivity contribution in [1.82, 2.24) is 5.23 Å². The summed E-state index contributed by atoms with van der Waals surface area (Å²) in [6.45, 7) is 1.88. The molecule has 4 heteroatoms. The summed E-state index contributed by atoms with van der Waals surface area (Å²) in [5, 5.41) is 6.30. The van der Waals surface area contributed by atoms with Gasteiger partial charge in [0, 0.05) is 5.69 Å². The summed E-state index contributed by atoms with van der Waals surface area (Å²) in [5.74, 6) is -0.0316. The van der Waals surface area contributed by atoms with E-state index in [1.165, 1.54) is 5.56 Å². The Morgan fingerprint density at radius 2 is 1.83 bits per heavy atom. The van der Waals surface area contributed by atoms with Crippen molar-refractivity contribution in [3.8, 4) is 0 Å². The molecule has 1 heterocycles. The van der Waals surface area contributed by atoms with E-state index in [0.29, 0.717) is 5.56 Å². The van der Waals surface area contributed by atoms with Gasteiger partial charge in [-0.2, -0.15) is 0 Å². The number of rotatable bonds is 1. The Kier molecular flexibility index (Phi) is 2.56. The number of amides is 1.